The maximum Gasteiger partial charge on any atom is 0.416 e. The maximum absolute atomic E-state index is 12.8. The molecule has 154 valence electrons. The number of hydrogen-bond donors (Lipinski definition) is 2. The molecule has 0 spiro atoms. The Morgan fingerprint density at radius 3 is 2.03 bits per heavy atom. The molecule has 5 nitrogen and oxygen atoms in total. The van der Waals surface area contributed by atoms with Gasteiger partial charge in [-0.3, -0.25) is 14.4 Å². The Bertz CT molecular complexity index is 1120. The Hall–Kier alpha value is -3.46. The van der Waals surface area contributed by atoms with E-state index in [9.17, 15) is 27.6 Å². The van der Waals surface area contributed by atoms with Crippen molar-refractivity contribution in [1.29, 1.82) is 0 Å². The lowest BCUT2D eigenvalue weighted by Gasteiger charge is -2.10. The number of nitrogens with one attached hydrogen (secondary N) is 2. The van der Waals surface area contributed by atoms with Gasteiger partial charge in [-0.15, -0.1) is 11.3 Å². The van der Waals surface area contributed by atoms with Crippen molar-refractivity contribution in [3.8, 4) is 0 Å². The van der Waals surface area contributed by atoms with Crippen LogP contribution in [-0.2, 0) is 6.18 Å². The molecule has 0 radical (unpaired) electrons. The zero-order chi connectivity index (χ0) is 21.9. The van der Waals surface area contributed by atoms with E-state index in [-0.39, 0.29) is 17.0 Å². The average Bonchev–Trinajstić information content (AvgIpc) is 3.18. The molecule has 0 unspecified atom stereocenters. The Morgan fingerprint density at radius 1 is 0.800 bits per heavy atom. The molecule has 1 heterocycles. The van der Waals surface area contributed by atoms with Crippen LogP contribution < -0.4 is 10.6 Å². The van der Waals surface area contributed by atoms with E-state index in [1.807, 2.05) is 0 Å². The van der Waals surface area contributed by atoms with Gasteiger partial charge in [0.15, 0.2) is 5.78 Å². The van der Waals surface area contributed by atoms with Crippen molar-refractivity contribution >= 4 is 40.3 Å². The lowest BCUT2D eigenvalue weighted by molar-refractivity contribution is -0.137. The van der Waals surface area contributed by atoms with Gasteiger partial charge in [-0.05, 0) is 55.5 Å². The first-order valence-corrected chi connectivity index (χ1v) is 9.46. The molecular weight excluding hydrogens is 417 g/mol. The third kappa shape index (κ3) is 5.12. The number of amides is 2. The molecule has 1 aromatic heterocycles. The maximum atomic E-state index is 12.8. The summed E-state index contributed by atoms with van der Waals surface area (Å²) in [6.07, 6.45) is -4.52. The smallest absolute Gasteiger partial charge is 0.322 e. The molecule has 0 fully saturated rings. The van der Waals surface area contributed by atoms with Crippen LogP contribution in [0.3, 0.4) is 0 Å². The van der Waals surface area contributed by atoms with Crippen molar-refractivity contribution in [2.45, 2.75) is 13.1 Å². The van der Waals surface area contributed by atoms with Crippen LogP contribution in [0.4, 0.5) is 24.5 Å². The quantitative estimate of drug-likeness (QED) is 0.525. The number of rotatable bonds is 5. The zero-order valence-corrected chi connectivity index (χ0v) is 16.4. The fourth-order valence-corrected chi connectivity index (χ4v) is 3.35. The number of benzene rings is 2. The van der Waals surface area contributed by atoms with Gasteiger partial charge < -0.3 is 10.6 Å². The van der Waals surface area contributed by atoms with Crippen LogP contribution in [0.15, 0.2) is 60.7 Å². The van der Waals surface area contributed by atoms with Crippen LogP contribution in [0.1, 0.15) is 42.2 Å². The lowest BCUT2D eigenvalue weighted by atomic mass is 10.1. The number of Topliss-reactive ketones (excluding diaryl/α,β-unsaturated/α-hetero) is 1. The zero-order valence-electron chi connectivity index (χ0n) is 15.5. The average molecular weight is 432 g/mol. The summed E-state index contributed by atoms with van der Waals surface area (Å²) in [5, 5.41) is 5.04. The van der Waals surface area contributed by atoms with E-state index in [0.29, 0.717) is 15.4 Å². The summed E-state index contributed by atoms with van der Waals surface area (Å²) < 4.78 is 38.5. The fraction of sp³-hybridized carbons (Fsp3) is 0.0952. The summed E-state index contributed by atoms with van der Waals surface area (Å²) in [5.74, 6) is -1.21. The first kappa shape index (κ1) is 21.3. The topological polar surface area (TPSA) is 75.3 Å². The van der Waals surface area contributed by atoms with Gasteiger partial charge in [0.1, 0.15) is 0 Å². The number of hydrogen-bond acceptors (Lipinski definition) is 4. The van der Waals surface area contributed by atoms with E-state index >= 15 is 0 Å². The highest BCUT2D eigenvalue weighted by Crippen LogP contribution is 2.30. The molecule has 0 aliphatic carbocycles. The van der Waals surface area contributed by atoms with Crippen molar-refractivity contribution in [1.82, 2.24) is 0 Å². The Labute approximate surface area is 173 Å². The molecule has 9 heteroatoms. The van der Waals surface area contributed by atoms with Crippen molar-refractivity contribution < 1.29 is 27.6 Å². The molecule has 30 heavy (non-hydrogen) atoms. The summed E-state index contributed by atoms with van der Waals surface area (Å²) in [6, 6.07) is 13.4. The van der Waals surface area contributed by atoms with Crippen LogP contribution in [-0.4, -0.2) is 17.6 Å². The minimum atomic E-state index is -4.52. The monoisotopic (exact) mass is 432 g/mol. The molecule has 2 N–H and O–H groups in total. The SMILES string of the molecule is CC(=O)c1ccc(C(=O)Nc2cccc(C(=O)Nc3cccc(C(F)(F)F)c3)c2)s1. The van der Waals surface area contributed by atoms with Crippen molar-refractivity contribution in [2.24, 2.45) is 0 Å². The number of anilines is 2. The Morgan fingerprint density at radius 2 is 1.40 bits per heavy atom. The summed E-state index contributed by atoms with van der Waals surface area (Å²) >= 11 is 1.05. The molecule has 0 saturated carbocycles. The van der Waals surface area contributed by atoms with Gasteiger partial charge in [0, 0.05) is 16.9 Å². The van der Waals surface area contributed by atoms with Crippen molar-refractivity contribution in [3.63, 3.8) is 0 Å². The van der Waals surface area contributed by atoms with Gasteiger partial charge in [-0.25, -0.2) is 0 Å². The third-order valence-corrected chi connectivity index (χ3v) is 5.19. The summed E-state index contributed by atoms with van der Waals surface area (Å²) in [7, 11) is 0. The molecule has 3 rings (SSSR count). The van der Waals surface area contributed by atoms with E-state index in [1.165, 1.54) is 43.3 Å². The minimum Gasteiger partial charge on any atom is -0.322 e. The van der Waals surface area contributed by atoms with E-state index in [0.717, 1.165) is 23.5 Å². The minimum absolute atomic E-state index is 0.000360. The number of carbonyl (C=O) groups excluding carboxylic acids is 3. The number of carbonyl (C=O) groups is 3. The third-order valence-electron chi connectivity index (χ3n) is 4.01. The van der Waals surface area contributed by atoms with E-state index in [1.54, 1.807) is 12.1 Å². The number of alkyl halides is 3. The first-order valence-electron chi connectivity index (χ1n) is 8.64. The van der Waals surface area contributed by atoms with Gasteiger partial charge in [0.05, 0.1) is 15.3 Å². The van der Waals surface area contributed by atoms with Gasteiger partial charge in [-0.2, -0.15) is 13.2 Å². The van der Waals surface area contributed by atoms with E-state index < -0.39 is 23.6 Å². The number of thiophene rings is 1. The molecule has 3 aromatic rings. The molecule has 0 aliphatic rings. The predicted molar refractivity (Wildman–Crippen MR) is 108 cm³/mol. The molecule has 0 atom stereocenters. The molecule has 2 aromatic carbocycles. The Kier molecular flexibility index (Phi) is 6.02. The molecular formula is C21H15F3N2O3S. The van der Waals surface area contributed by atoms with Crippen LogP contribution in [0.2, 0.25) is 0 Å². The standard InChI is InChI=1S/C21H15F3N2O3S/c1-12(27)17-8-9-18(30-17)20(29)26-15-6-2-4-13(10-15)19(28)25-16-7-3-5-14(11-16)21(22,23)24/h2-11H,1H3,(H,25,28)(H,26,29). The summed E-state index contributed by atoms with van der Waals surface area (Å²) in [5.41, 5.74) is -0.392. The van der Waals surface area contributed by atoms with Gasteiger partial charge in [-0.1, -0.05) is 12.1 Å². The highest BCUT2D eigenvalue weighted by molar-refractivity contribution is 7.16. The second-order valence-electron chi connectivity index (χ2n) is 6.29. The largest absolute Gasteiger partial charge is 0.416 e. The molecule has 0 saturated heterocycles. The van der Waals surface area contributed by atoms with Gasteiger partial charge in [0.2, 0.25) is 0 Å². The first-order chi connectivity index (χ1) is 14.1. The van der Waals surface area contributed by atoms with Gasteiger partial charge >= 0.3 is 6.18 Å². The predicted octanol–water partition coefficient (Wildman–Crippen LogP) is 5.47. The highest BCUT2D eigenvalue weighted by Gasteiger charge is 2.30. The second-order valence-corrected chi connectivity index (χ2v) is 7.37. The number of halogens is 3. The normalized spacial score (nSPS) is 11.1. The fourth-order valence-electron chi connectivity index (χ4n) is 2.56. The van der Waals surface area contributed by atoms with E-state index in [2.05, 4.69) is 10.6 Å². The van der Waals surface area contributed by atoms with Crippen LogP contribution in [0, 0.1) is 0 Å². The number of ketones is 1. The molecule has 0 bridgehead atoms. The molecule has 0 aliphatic heterocycles. The Balaban J connectivity index is 1.72. The molecule has 2 amide bonds. The van der Waals surface area contributed by atoms with Crippen LogP contribution in [0.5, 0.6) is 0 Å². The summed E-state index contributed by atoms with van der Waals surface area (Å²) in [4.78, 5) is 36.9. The van der Waals surface area contributed by atoms with Crippen molar-refractivity contribution in [2.75, 3.05) is 10.6 Å². The lowest BCUT2D eigenvalue weighted by Crippen LogP contribution is -2.14. The van der Waals surface area contributed by atoms with Crippen LogP contribution in [0.25, 0.3) is 0 Å². The van der Waals surface area contributed by atoms with E-state index in [4.69, 9.17) is 0 Å². The second kappa shape index (κ2) is 8.50. The van der Waals surface area contributed by atoms with Crippen molar-refractivity contribution in [3.05, 3.63) is 81.5 Å². The van der Waals surface area contributed by atoms with Gasteiger partial charge in [0.25, 0.3) is 11.8 Å². The highest BCUT2D eigenvalue weighted by atomic mass is 32.1. The summed E-state index contributed by atoms with van der Waals surface area (Å²) in [6.45, 7) is 1.40. The van der Waals surface area contributed by atoms with Crippen LogP contribution >= 0.6 is 11.3 Å².